The third-order valence-electron chi connectivity index (χ3n) is 2.23. The topological polar surface area (TPSA) is 54.5 Å². The number of nitrogens with zero attached hydrogens (tertiary/aromatic N) is 4. The Hall–Kier alpha value is -2.15. The molecule has 0 fully saturated rings. The minimum absolute atomic E-state index is 0.675. The van der Waals surface area contributed by atoms with Crippen molar-refractivity contribution in [2.24, 2.45) is 0 Å². The maximum absolute atomic E-state index is 8.65. The molecule has 1 aromatic carbocycles. The SMILES string of the molecule is Cc1cnnn1Cc1ccc(C#N)cc1. The maximum Gasteiger partial charge on any atom is 0.0991 e. The van der Waals surface area contributed by atoms with Crippen LogP contribution in [-0.4, -0.2) is 15.0 Å². The molecule has 74 valence electrons. The number of nitriles is 1. The second kappa shape index (κ2) is 3.93. The highest BCUT2D eigenvalue weighted by Crippen LogP contribution is 2.06. The van der Waals surface area contributed by atoms with Gasteiger partial charge < -0.3 is 0 Å². The molecule has 2 aromatic rings. The molecule has 0 bridgehead atoms. The van der Waals surface area contributed by atoms with Crippen LogP contribution in [-0.2, 0) is 6.54 Å². The summed E-state index contributed by atoms with van der Waals surface area (Å²) >= 11 is 0. The Morgan fingerprint density at radius 1 is 1.33 bits per heavy atom. The van der Waals surface area contributed by atoms with Crippen LogP contribution in [0.4, 0.5) is 0 Å². The lowest BCUT2D eigenvalue weighted by Crippen LogP contribution is -2.03. The molecule has 4 nitrogen and oxygen atoms in total. The summed E-state index contributed by atoms with van der Waals surface area (Å²) in [6, 6.07) is 9.56. The number of rotatable bonds is 2. The molecule has 0 aliphatic heterocycles. The van der Waals surface area contributed by atoms with Crippen LogP contribution in [0.5, 0.6) is 0 Å². The summed E-state index contributed by atoms with van der Waals surface area (Å²) in [5, 5.41) is 16.4. The van der Waals surface area contributed by atoms with Crippen molar-refractivity contribution in [3.8, 4) is 6.07 Å². The van der Waals surface area contributed by atoms with Crippen molar-refractivity contribution >= 4 is 0 Å². The molecule has 0 spiro atoms. The highest BCUT2D eigenvalue weighted by atomic mass is 15.4. The number of hydrogen-bond acceptors (Lipinski definition) is 3. The van der Waals surface area contributed by atoms with Crippen LogP contribution >= 0.6 is 0 Å². The van der Waals surface area contributed by atoms with Crippen LogP contribution in [0, 0.1) is 18.3 Å². The molecule has 0 atom stereocenters. The first-order chi connectivity index (χ1) is 7.29. The molecule has 0 amide bonds. The van der Waals surface area contributed by atoms with Crippen LogP contribution in [0.15, 0.2) is 30.5 Å². The van der Waals surface area contributed by atoms with Crippen molar-refractivity contribution in [3.63, 3.8) is 0 Å². The third-order valence-corrected chi connectivity index (χ3v) is 2.23. The summed E-state index contributed by atoms with van der Waals surface area (Å²) in [4.78, 5) is 0. The van der Waals surface area contributed by atoms with E-state index in [4.69, 9.17) is 5.26 Å². The third kappa shape index (κ3) is 2.02. The van der Waals surface area contributed by atoms with Crippen molar-refractivity contribution in [3.05, 3.63) is 47.3 Å². The molecule has 15 heavy (non-hydrogen) atoms. The van der Waals surface area contributed by atoms with Gasteiger partial charge in [0, 0.05) is 0 Å². The van der Waals surface area contributed by atoms with E-state index in [-0.39, 0.29) is 0 Å². The highest BCUT2D eigenvalue weighted by Gasteiger charge is 1.99. The summed E-state index contributed by atoms with van der Waals surface area (Å²) in [6.45, 7) is 2.65. The van der Waals surface area contributed by atoms with Gasteiger partial charge in [-0.3, -0.25) is 0 Å². The predicted octanol–water partition coefficient (Wildman–Crippen LogP) is 1.51. The zero-order valence-electron chi connectivity index (χ0n) is 8.38. The fourth-order valence-corrected chi connectivity index (χ4v) is 1.32. The lowest BCUT2D eigenvalue weighted by Gasteiger charge is -2.02. The van der Waals surface area contributed by atoms with Gasteiger partial charge in [-0.05, 0) is 24.6 Å². The first-order valence-electron chi connectivity index (χ1n) is 4.64. The minimum atomic E-state index is 0.675. The molecule has 0 radical (unpaired) electrons. The molecule has 4 heteroatoms. The Kier molecular flexibility index (Phi) is 2.46. The van der Waals surface area contributed by atoms with E-state index in [1.54, 1.807) is 6.20 Å². The average Bonchev–Trinajstić information content (AvgIpc) is 2.66. The van der Waals surface area contributed by atoms with Gasteiger partial charge in [-0.15, -0.1) is 5.10 Å². The number of benzene rings is 1. The van der Waals surface area contributed by atoms with Crippen molar-refractivity contribution in [1.82, 2.24) is 15.0 Å². The summed E-state index contributed by atoms with van der Waals surface area (Å²) in [7, 11) is 0. The molecule has 2 rings (SSSR count). The highest BCUT2D eigenvalue weighted by molar-refractivity contribution is 5.31. The maximum atomic E-state index is 8.65. The van der Waals surface area contributed by atoms with Gasteiger partial charge in [-0.2, -0.15) is 5.26 Å². The quantitative estimate of drug-likeness (QED) is 0.734. The first-order valence-corrected chi connectivity index (χ1v) is 4.64. The van der Waals surface area contributed by atoms with Crippen molar-refractivity contribution < 1.29 is 0 Å². The van der Waals surface area contributed by atoms with Gasteiger partial charge in [0.2, 0.25) is 0 Å². The average molecular weight is 198 g/mol. The Morgan fingerprint density at radius 2 is 2.07 bits per heavy atom. The Balaban J connectivity index is 2.19. The van der Waals surface area contributed by atoms with Crippen LogP contribution < -0.4 is 0 Å². The fraction of sp³-hybridized carbons (Fsp3) is 0.182. The second-order valence-corrected chi connectivity index (χ2v) is 3.34. The van der Waals surface area contributed by atoms with Crippen LogP contribution in [0.3, 0.4) is 0 Å². The van der Waals surface area contributed by atoms with E-state index in [2.05, 4.69) is 16.4 Å². The van der Waals surface area contributed by atoms with E-state index in [1.165, 1.54) is 0 Å². The van der Waals surface area contributed by atoms with Gasteiger partial charge >= 0.3 is 0 Å². The fourth-order valence-electron chi connectivity index (χ4n) is 1.32. The molecular formula is C11H10N4. The van der Waals surface area contributed by atoms with Crippen molar-refractivity contribution in [2.45, 2.75) is 13.5 Å². The zero-order chi connectivity index (χ0) is 10.7. The van der Waals surface area contributed by atoms with Gasteiger partial charge in [0.1, 0.15) is 0 Å². The monoisotopic (exact) mass is 198 g/mol. The van der Waals surface area contributed by atoms with Gasteiger partial charge in [0.05, 0.1) is 30.1 Å². The number of aromatic nitrogens is 3. The Labute approximate surface area is 87.8 Å². The van der Waals surface area contributed by atoms with E-state index in [0.29, 0.717) is 12.1 Å². The van der Waals surface area contributed by atoms with Gasteiger partial charge in [-0.25, -0.2) is 4.68 Å². The van der Waals surface area contributed by atoms with E-state index >= 15 is 0 Å². The van der Waals surface area contributed by atoms with E-state index in [1.807, 2.05) is 35.9 Å². The largest absolute Gasteiger partial charge is 0.245 e. The molecule has 0 unspecified atom stereocenters. The van der Waals surface area contributed by atoms with Gasteiger partial charge in [0.15, 0.2) is 0 Å². The molecule has 0 aliphatic rings. The molecule has 1 heterocycles. The summed E-state index contributed by atoms with van der Waals surface area (Å²) in [5.74, 6) is 0. The first kappa shape index (κ1) is 9.41. The molecular weight excluding hydrogens is 188 g/mol. The predicted molar refractivity (Wildman–Crippen MR) is 55.0 cm³/mol. The zero-order valence-corrected chi connectivity index (χ0v) is 8.38. The van der Waals surface area contributed by atoms with Gasteiger partial charge in [0.25, 0.3) is 0 Å². The second-order valence-electron chi connectivity index (χ2n) is 3.34. The van der Waals surface area contributed by atoms with Crippen LogP contribution in [0.1, 0.15) is 16.8 Å². The molecule has 1 aromatic heterocycles. The van der Waals surface area contributed by atoms with Crippen molar-refractivity contribution in [2.75, 3.05) is 0 Å². The summed E-state index contributed by atoms with van der Waals surface area (Å²) in [6.07, 6.45) is 1.73. The normalized spacial score (nSPS) is 9.87. The van der Waals surface area contributed by atoms with Crippen molar-refractivity contribution in [1.29, 1.82) is 5.26 Å². The van der Waals surface area contributed by atoms with E-state index in [0.717, 1.165) is 11.3 Å². The molecule has 0 saturated carbocycles. The minimum Gasteiger partial charge on any atom is -0.245 e. The van der Waals surface area contributed by atoms with E-state index in [9.17, 15) is 0 Å². The summed E-state index contributed by atoms with van der Waals surface area (Å²) < 4.78 is 1.82. The Bertz CT molecular complexity index is 490. The summed E-state index contributed by atoms with van der Waals surface area (Å²) in [5.41, 5.74) is 2.82. The van der Waals surface area contributed by atoms with Crippen LogP contribution in [0.25, 0.3) is 0 Å². The smallest absolute Gasteiger partial charge is 0.0991 e. The number of aryl methyl sites for hydroxylation is 1. The van der Waals surface area contributed by atoms with E-state index < -0.39 is 0 Å². The Morgan fingerprint density at radius 3 is 2.60 bits per heavy atom. The standard InChI is InChI=1S/C11H10N4/c1-9-7-13-14-15(9)8-11-4-2-10(6-12)3-5-11/h2-5,7H,8H2,1H3. The van der Waals surface area contributed by atoms with Crippen LogP contribution in [0.2, 0.25) is 0 Å². The molecule has 0 aliphatic carbocycles. The number of hydrogen-bond donors (Lipinski definition) is 0. The molecule has 0 saturated heterocycles. The lowest BCUT2D eigenvalue weighted by atomic mass is 10.1. The molecule has 0 N–H and O–H groups in total. The van der Waals surface area contributed by atoms with Gasteiger partial charge in [-0.1, -0.05) is 17.3 Å². The lowest BCUT2D eigenvalue weighted by molar-refractivity contribution is 0.633.